The van der Waals surface area contributed by atoms with Crippen LogP contribution in [0.4, 0.5) is 14.9 Å². The molecule has 0 saturated heterocycles. The van der Waals surface area contributed by atoms with E-state index < -0.39 is 17.4 Å². The SMILES string of the molecule is Cc1cnn(-c2ccc(NC(=O)NCC3(O)CCC3)cc2F)c1. The van der Waals surface area contributed by atoms with Gasteiger partial charge >= 0.3 is 6.03 Å². The first-order chi connectivity index (χ1) is 11.0. The van der Waals surface area contributed by atoms with Gasteiger partial charge in [-0.3, -0.25) is 0 Å². The molecule has 3 rings (SSSR count). The molecular weight excluding hydrogens is 299 g/mol. The number of halogens is 1. The van der Waals surface area contributed by atoms with Crippen molar-refractivity contribution in [3.8, 4) is 5.69 Å². The number of aliphatic hydroxyl groups is 1. The van der Waals surface area contributed by atoms with Gasteiger partial charge in [-0.15, -0.1) is 0 Å². The Labute approximate surface area is 133 Å². The zero-order valence-electron chi connectivity index (χ0n) is 12.8. The van der Waals surface area contributed by atoms with Gasteiger partial charge in [-0.2, -0.15) is 5.10 Å². The van der Waals surface area contributed by atoms with E-state index in [9.17, 15) is 14.3 Å². The van der Waals surface area contributed by atoms with E-state index in [4.69, 9.17) is 0 Å². The van der Waals surface area contributed by atoms with Crippen molar-refractivity contribution in [2.75, 3.05) is 11.9 Å². The highest BCUT2D eigenvalue weighted by atomic mass is 19.1. The van der Waals surface area contributed by atoms with Gasteiger partial charge in [0.2, 0.25) is 0 Å². The molecule has 1 aliphatic rings. The van der Waals surface area contributed by atoms with E-state index in [-0.39, 0.29) is 6.54 Å². The van der Waals surface area contributed by atoms with Crippen LogP contribution < -0.4 is 10.6 Å². The molecule has 0 spiro atoms. The largest absolute Gasteiger partial charge is 0.388 e. The molecule has 0 unspecified atom stereocenters. The fraction of sp³-hybridized carbons (Fsp3) is 0.375. The molecule has 23 heavy (non-hydrogen) atoms. The second-order valence-electron chi connectivity index (χ2n) is 6.01. The Morgan fingerprint density at radius 1 is 1.48 bits per heavy atom. The van der Waals surface area contributed by atoms with Crippen molar-refractivity contribution < 1.29 is 14.3 Å². The van der Waals surface area contributed by atoms with Gasteiger partial charge in [0, 0.05) is 18.4 Å². The number of carbonyl (C=O) groups is 1. The van der Waals surface area contributed by atoms with Gasteiger partial charge in [0.25, 0.3) is 0 Å². The predicted octanol–water partition coefficient (Wildman–Crippen LogP) is 2.36. The second-order valence-corrected chi connectivity index (χ2v) is 6.01. The fourth-order valence-corrected chi connectivity index (χ4v) is 2.50. The monoisotopic (exact) mass is 318 g/mol. The first-order valence-electron chi connectivity index (χ1n) is 7.54. The van der Waals surface area contributed by atoms with Gasteiger partial charge in [-0.1, -0.05) is 0 Å². The number of hydrogen-bond donors (Lipinski definition) is 3. The van der Waals surface area contributed by atoms with Crippen LogP contribution >= 0.6 is 0 Å². The number of rotatable bonds is 4. The van der Waals surface area contributed by atoms with Crippen molar-refractivity contribution in [2.45, 2.75) is 31.8 Å². The molecule has 1 aromatic heterocycles. The zero-order chi connectivity index (χ0) is 16.4. The molecule has 1 aliphatic carbocycles. The van der Waals surface area contributed by atoms with E-state index in [1.54, 1.807) is 24.5 Å². The van der Waals surface area contributed by atoms with Gasteiger partial charge < -0.3 is 15.7 Å². The number of urea groups is 1. The van der Waals surface area contributed by atoms with Crippen LogP contribution in [0.5, 0.6) is 0 Å². The molecule has 0 bridgehead atoms. The van der Waals surface area contributed by atoms with Crippen molar-refractivity contribution in [3.05, 3.63) is 42.0 Å². The Morgan fingerprint density at radius 3 is 2.83 bits per heavy atom. The number of amides is 2. The van der Waals surface area contributed by atoms with Crippen LogP contribution in [0.1, 0.15) is 24.8 Å². The molecule has 2 amide bonds. The second kappa shape index (κ2) is 6.00. The topological polar surface area (TPSA) is 79.2 Å². The Balaban J connectivity index is 1.62. The standard InChI is InChI=1S/C16H19FN4O2/c1-11-8-19-21(9-11)14-4-3-12(7-13(14)17)20-15(22)18-10-16(23)5-2-6-16/h3-4,7-9,23H,2,5-6,10H2,1H3,(H2,18,20,22). The third-order valence-corrected chi connectivity index (χ3v) is 4.03. The lowest BCUT2D eigenvalue weighted by Gasteiger charge is -2.36. The summed E-state index contributed by atoms with van der Waals surface area (Å²) in [7, 11) is 0. The van der Waals surface area contributed by atoms with Gasteiger partial charge in [-0.25, -0.2) is 13.9 Å². The first-order valence-corrected chi connectivity index (χ1v) is 7.54. The molecular formula is C16H19FN4O2. The number of anilines is 1. The average molecular weight is 318 g/mol. The quantitative estimate of drug-likeness (QED) is 0.809. The summed E-state index contributed by atoms with van der Waals surface area (Å²) in [6, 6.07) is 3.93. The van der Waals surface area contributed by atoms with Crippen LogP contribution in [0.3, 0.4) is 0 Å². The number of aromatic nitrogens is 2. The number of nitrogens with zero attached hydrogens (tertiary/aromatic N) is 2. The van der Waals surface area contributed by atoms with Crippen molar-refractivity contribution >= 4 is 11.7 Å². The molecule has 7 heteroatoms. The summed E-state index contributed by atoms with van der Waals surface area (Å²) < 4.78 is 15.6. The lowest BCUT2D eigenvalue weighted by Crippen LogP contribution is -2.48. The summed E-state index contributed by atoms with van der Waals surface area (Å²) in [5.41, 5.74) is 0.797. The van der Waals surface area contributed by atoms with E-state index >= 15 is 0 Å². The summed E-state index contributed by atoms with van der Waals surface area (Å²) in [4.78, 5) is 11.8. The van der Waals surface area contributed by atoms with Crippen LogP contribution in [-0.4, -0.2) is 33.1 Å². The zero-order valence-corrected chi connectivity index (χ0v) is 12.8. The van der Waals surface area contributed by atoms with E-state index in [2.05, 4.69) is 15.7 Å². The Bertz CT molecular complexity index is 725. The van der Waals surface area contributed by atoms with Gasteiger partial charge in [0.15, 0.2) is 5.82 Å². The van der Waals surface area contributed by atoms with E-state index in [0.29, 0.717) is 24.2 Å². The van der Waals surface area contributed by atoms with Crippen LogP contribution in [0, 0.1) is 12.7 Å². The average Bonchev–Trinajstić information content (AvgIpc) is 2.89. The molecule has 1 heterocycles. The molecule has 1 fully saturated rings. The highest BCUT2D eigenvalue weighted by molar-refractivity contribution is 5.89. The predicted molar refractivity (Wildman–Crippen MR) is 84.1 cm³/mol. The van der Waals surface area contributed by atoms with E-state index in [1.807, 2.05) is 6.92 Å². The normalized spacial score (nSPS) is 15.8. The van der Waals surface area contributed by atoms with E-state index in [1.165, 1.54) is 10.7 Å². The molecule has 3 N–H and O–H groups in total. The minimum Gasteiger partial charge on any atom is -0.388 e. The highest BCUT2D eigenvalue weighted by Crippen LogP contribution is 2.30. The Morgan fingerprint density at radius 2 is 2.26 bits per heavy atom. The number of nitrogens with one attached hydrogen (secondary N) is 2. The highest BCUT2D eigenvalue weighted by Gasteiger charge is 2.34. The smallest absolute Gasteiger partial charge is 0.319 e. The number of hydrogen-bond acceptors (Lipinski definition) is 3. The number of aryl methyl sites for hydroxylation is 1. The maximum Gasteiger partial charge on any atom is 0.319 e. The molecule has 0 atom stereocenters. The maximum atomic E-state index is 14.2. The molecule has 0 aliphatic heterocycles. The van der Waals surface area contributed by atoms with Crippen molar-refractivity contribution in [1.29, 1.82) is 0 Å². The van der Waals surface area contributed by atoms with Crippen molar-refractivity contribution in [1.82, 2.24) is 15.1 Å². The molecule has 1 aromatic carbocycles. The molecule has 0 radical (unpaired) electrons. The first kappa shape index (κ1) is 15.5. The lowest BCUT2D eigenvalue weighted by molar-refractivity contribution is -0.0287. The maximum absolute atomic E-state index is 14.2. The number of benzene rings is 1. The van der Waals surface area contributed by atoms with Gasteiger partial charge in [0.05, 0.1) is 11.8 Å². The van der Waals surface area contributed by atoms with Crippen molar-refractivity contribution in [3.63, 3.8) is 0 Å². The van der Waals surface area contributed by atoms with E-state index in [0.717, 1.165) is 12.0 Å². The number of carbonyl (C=O) groups excluding carboxylic acids is 1. The third-order valence-electron chi connectivity index (χ3n) is 4.03. The minimum absolute atomic E-state index is 0.200. The summed E-state index contributed by atoms with van der Waals surface area (Å²) in [6.07, 6.45) is 5.72. The minimum atomic E-state index is -0.787. The summed E-state index contributed by atoms with van der Waals surface area (Å²) in [6.45, 7) is 2.07. The summed E-state index contributed by atoms with van der Waals surface area (Å²) >= 11 is 0. The van der Waals surface area contributed by atoms with Crippen LogP contribution in [0.15, 0.2) is 30.6 Å². The van der Waals surface area contributed by atoms with Crippen molar-refractivity contribution in [2.24, 2.45) is 0 Å². The molecule has 1 saturated carbocycles. The fourth-order valence-electron chi connectivity index (χ4n) is 2.50. The van der Waals surface area contributed by atoms with Crippen LogP contribution in [0.25, 0.3) is 5.69 Å². The Hall–Kier alpha value is -2.41. The molecule has 6 nitrogen and oxygen atoms in total. The van der Waals surface area contributed by atoms with Crippen LogP contribution in [-0.2, 0) is 0 Å². The molecule has 122 valence electrons. The lowest BCUT2D eigenvalue weighted by atomic mass is 9.80. The van der Waals surface area contributed by atoms with Gasteiger partial charge in [0.1, 0.15) is 5.69 Å². The third kappa shape index (κ3) is 3.50. The summed E-state index contributed by atoms with van der Waals surface area (Å²) in [5.74, 6) is -0.483. The van der Waals surface area contributed by atoms with Gasteiger partial charge in [-0.05, 0) is 49.9 Å². The Kier molecular flexibility index (Phi) is 4.04. The molecule has 2 aromatic rings. The summed E-state index contributed by atoms with van der Waals surface area (Å²) in [5, 5.41) is 19.1. The van der Waals surface area contributed by atoms with Crippen LogP contribution in [0.2, 0.25) is 0 Å².